The van der Waals surface area contributed by atoms with Gasteiger partial charge in [-0.1, -0.05) is 59.6 Å². The molecule has 35 heavy (non-hydrogen) atoms. The van der Waals surface area contributed by atoms with Crippen LogP contribution in [-0.4, -0.2) is 36.3 Å². The fraction of sp³-hybridized carbons (Fsp3) is 0.286. The van der Waals surface area contributed by atoms with Crippen molar-refractivity contribution in [1.82, 2.24) is 10.2 Å². The number of nitrogens with one attached hydrogen (secondary N) is 2. The fourth-order valence-electron chi connectivity index (χ4n) is 4.81. The molecule has 0 bridgehead atoms. The van der Waals surface area contributed by atoms with Crippen LogP contribution in [0.5, 0.6) is 0 Å². The van der Waals surface area contributed by atoms with Crippen LogP contribution in [0.4, 0.5) is 5.69 Å². The maximum atomic E-state index is 13.7. The molecular formula is C28H29Cl2N3O2. The zero-order valence-corrected chi connectivity index (χ0v) is 22.0. The molecule has 0 spiro atoms. The van der Waals surface area contributed by atoms with E-state index in [0.717, 1.165) is 16.7 Å². The number of hydrogen-bond donors (Lipinski definition) is 2. The maximum absolute atomic E-state index is 13.7. The predicted octanol–water partition coefficient (Wildman–Crippen LogP) is 5.87. The Bertz CT molecular complexity index is 1310. The Morgan fingerprint density at radius 2 is 1.63 bits per heavy atom. The number of carbonyl (C=O) groups excluding carboxylic acids is 2. The highest BCUT2D eigenvalue weighted by Crippen LogP contribution is 2.50. The zero-order valence-electron chi connectivity index (χ0n) is 20.5. The van der Waals surface area contributed by atoms with Gasteiger partial charge in [0.05, 0.1) is 0 Å². The molecule has 0 saturated heterocycles. The number of carbonyl (C=O) groups is 2. The van der Waals surface area contributed by atoms with Gasteiger partial charge in [-0.15, -0.1) is 0 Å². The second-order valence-corrected chi connectivity index (χ2v) is 10.8. The lowest BCUT2D eigenvalue weighted by Crippen LogP contribution is -2.48. The van der Waals surface area contributed by atoms with E-state index in [4.69, 9.17) is 23.2 Å². The van der Waals surface area contributed by atoms with Crippen molar-refractivity contribution in [3.8, 4) is 0 Å². The Morgan fingerprint density at radius 1 is 0.971 bits per heavy atom. The van der Waals surface area contributed by atoms with Crippen LogP contribution in [0.1, 0.15) is 53.4 Å². The number of anilines is 1. The first-order valence-electron chi connectivity index (χ1n) is 11.4. The first-order chi connectivity index (χ1) is 16.5. The first kappa shape index (κ1) is 25.2. The van der Waals surface area contributed by atoms with Gasteiger partial charge in [0, 0.05) is 44.4 Å². The van der Waals surface area contributed by atoms with Gasteiger partial charge in [-0.3, -0.25) is 14.5 Å². The number of hydrogen-bond acceptors (Lipinski definition) is 3. The van der Waals surface area contributed by atoms with Gasteiger partial charge in [0.2, 0.25) is 0 Å². The number of nitrogens with zero attached hydrogens (tertiary/aromatic N) is 1. The Balaban J connectivity index is 1.93. The average Bonchev–Trinajstić information content (AvgIpc) is 3.08. The monoisotopic (exact) mass is 509 g/mol. The van der Waals surface area contributed by atoms with Gasteiger partial charge in [-0.2, -0.15) is 0 Å². The lowest BCUT2D eigenvalue weighted by molar-refractivity contribution is -0.124. The van der Waals surface area contributed by atoms with Crippen LogP contribution in [0.25, 0.3) is 0 Å². The molecule has 1 aliphatic rings. The summed E-state index contributed by atoms with van der Waals surface area (Å²) in [4.78, 5) is 28.7. The van der Waals surface area contributed by atoms with Crippen LogP contribution < -0.4 is 10.6 Å². The molecule has 1 heterocycles. The number of fused-ring (bicyclic) bond motifs is 1. The van der Waals surface area contributed by atoms with Crippen molar-refractivity contribution in [2.75, 3.05) is 19.4 Å². The molecule has 2 N–H and O–H groups in total. The lowest BCUT2D eigenvalue weighted by Gasteiger charge is -2.37. The zero-order chi connectivity index (χ0) is 25.5. The van der Waals surface area contributed by atoms with Gasteiger partial charge in [0.1, 0.15) is 0 Å². The van der Waals surface area contributed by atoms with Crippen LogP contribution in [-0.2, 0) is 16.8 Å². The van der Waals surface area contributed by atoms with Gasteiger partial charge in [0.25, 0.3) is 11.8 Å². The lowest BCUT2D eigenvalue weighted by atomic mass is 9.79. The third-order valence-electron chi connectivity index (χ3n) is 6.25. The van der Waals surface area contributed by atoms with Crippen molar-refractivity contribution < 1.29 is 9.59 Å². The van der Waals surface area contributed by atoms with E-state index in [1.165, 1.54) is 0 Å². The Kier molecular flexibility index (Phi) is 6.71. The molecule has 3 aromatic rings. The summed E-state index contributed by atoms with van der Waals surface area (Å²) in [7, 11) is 3.71. The molecule has 5 nitrogen and oxygen atoms in total. The van der Waals surface area contributed by atoms with Crippen LogP contribution in [0.3, 0.4) is 0 Å². The number of rotatable bonds is 5. The van der Waals surface area contributed by atoms with Gasteiger partial charge in [-0.05, 0) is 70.3 Å². The summed E-state index contributed by atoms with van der Waals surface area (Å²) in [6, 6.07) is 18.4. The van der Waals surface area contributed by atoms with Gasteiger partial charge in [0.15, 0.2) is 5.54 Å². The standard InChI is InChI=1S/C28H29Cl2N3O2/c1-27(2,3)32-25(34)18-11-7-6-10-17(18)16-19-21(29)14-15-23-24(19)28(33(4)5,26(35)31-23)20-12-8-9-13-22(20)30/h6-15H,16H2,1-5H3,(H,31,35)(H,32,34). The molecule has 0 aromatic heterocycles. The number of amides is 2. The largest absolute Gasteiger partial charge is 0.347 e. The fourth-order valence-corrected chi connectivity index (χ4v) is 5.31. The quantitative estimate of drug-likeness (QED) is 0.452. The second-order valence-electron chi connectivity index (χ2n) is 10.0. The molecule has 0 fully saturated rings. The van der Waals surface area contributed by atoms with E-state index < -0.39 is 5.54 Å². The van der Waals surface area contributed by atoms with E-state index >= 15 is 0 Å². The Hall–Kier alpha value is -2.86. The first-order valence-corrected chi connectivity index (χ1v) is 12.2. The highest BCUT2D eigenvalue weighted by atomic mass is 35.5. The molecular weight excluding hydrogens is 481 g/mol. The van der Waals surface area contributed by atoms with Crippen LogP contribution in [0, 0.1) is 0 Å². The maximum Gasteiger partial charge on any atom is 0.254 e. The summed E-state index contributed by atoms with van der Waals surface area (Å²) in [5, 5.41) is 7.08. The van der Waals surface area contributed by atoms with Crippen molar-refractivity contribution in [3.05, 3.63) is 98.5 Å². The minimum Gasteiger partial charge on any atom is -0.347 e. The van der Waals surface area contributed by atoms with Crippen LogP contribution >= 0.6 is 23.2 Å². The molecule has 3 aromatic carbocycles. The third-order valence-corrected chi connectivity index (χ3v) is 6.93. The molecule has 0 aliphatic carbocycles. The molecule has 0 saturated carbocycles. The van der Waals surface area contributed by atoms with Crippen molar-refractivity contribution in [2.45, 2.75) is 38.3 Å². The SMILES string of the molecule is CN(C)C1(c2ccccc2Cl)C(=O)Nc2ccc(Cl)c(Cc3ccccc3C(=O)NC(C)(C)C)c21. The number of likely N-dealkylation sites (N-methyl/N-ethyl adjacent to an activating group) is 1. The minimum absolute atomic E-state index is 0.157. The van der Waals surface area contributed by atoms with E-state index in [1.807, 2.05) is 88.3 Å². The van der Waals surface area contributed by atoms with E-state index in [2.05, 4.69) is 10.6 Å². The molecule has 0 radical (unpaired) electrons. The molecule has 2 amide bonds. The summed E-state index contributed by atoms with van der Waals surface area (Å²) in [5.74, 6) is -0.358. The minimum atomic E-state index is -1.18. The topological polar surface area (TPSA) is 61.4 Å². The normalized spacial score (nSPS) is 17.3. The molecule has 182 valence electrons. The highest BCUT2D eigenvalue weighted by molar-refractivity contribution is 6.33. The van der Waals surface area contributed by atoms with E-state index in [-0.39, 0.29) is 17.4 Å². The molecule has 4 rings (SSSR count). The molecule has 1 unspecified atom stereocenters. The average molecular weight is 510 g/mol. The van der Waals surface area contributed by atoms with Gasteiger partial charge < -0.3 is 10.6 Å². The van der Waals surface area contributed by atoms with Crippen molar-refractivity contribution in [3.63, 3.8) is 0 Å². The molecule has 1 atom stereocenters. The highest BCUT2D eigenvalue weighted by Gasteiger charge is 2.53. The van der Waals surface area contributed by atoms with Gasteiger partial charge in [-0.25, -0.2) is 0 Å². The smallest absolute Gasteiger partial charge is 0.254 e. The van der Waals surface area contributed by atoms with Crippen molar-refractivity contribution in [1.29, 1.82) is 0 Å². The Morgan fingerprint density at radius 3 is 2.29 bits per heavy atom. The van der Waals surface area contributed by atoms with Crippen molar-refractivity contribution >= 4 is 40.7 Å². The predicted molar refractivity (Wildman–Crippen MR) is 142 cm³/mol. The summed E-state index contributed by atoms with van der Waals surface area (Å²) in [6.45, 7) is 5.84. The Labute approximate surface area is 216 Å². The summed E-state index contributed by atoms with van der Waals surface area (Å²) in [6.07, 6.45) is 0.366. The summed E-state index contributed by atoms with van der Waals surface area (Å²) >= 11 is 13.5. The number of benzene rings is 3. The summed E-state index contributed by atoms with van der Waals surface area (Å²) < 4.78 is 0. The van der Waals surface area contributed by atoms with Crippen molar-refractivity contribution in [2.24, 2.45) is 0 Å². The molecule has 1 aliphatic heterocycles. The summed E-state index contributed by atoms with van der Waals surface area (Å²) in [5.41, 5.74) is 2.70. The van der Waals surface area contributed by atoms with E-state index in [0.29, 0.717) is 33.3 Å². The van der Waals surface area contributed by atoms with E-state index in [1.54, 1.807) is 12.1 Å². The van der Waals surface area contributed by atoms with E-state index in [9.17, 15) is 9.59 Å². The third kappa shape index (κ3) is 4.44. The van der Waals surface area contributed by atoms with Crippen LogP contribution in [0.15, 0.2) is 60.7 Å². The second kappa shape index (κ2) is 9.30. The molecule has 7 heteroatoms. The number of halogens is 2. The van der Waals surface area contributed by atoms with Gasteiger partial charge >= 0.3 is 0 Å². The van der Waals surface area contributed by atoms with Crippen LogP contribution in [0.2, 0.25) is 10.0 Å².